The van der Waals surface area contributed by atoms with Crippen molar-refractivity contribution in [3.05, 3.63) is 119 Å². The van der Waals surface area contributed by atoms with Crippen molar-refractivity contribution in [3.63, 3.8) is 0 Å². The van der Waals surface area contributed by atoms with Crippen molar-refractivity contribution in [1.82, 2.24) is 15.0 Å². The fraction of sp³-hybridized carbons (Fsp3) is 0.111. The third-order valence-electron chi connectivity index (χ3n) is 5.70. The number of hydrogen-bond acceptors (Lipinski definition) is 3. The van der Waals surface area contributed by atoms with Gasteiger partial charge in [0.15, 0.2) is 0 Å². The molecule has 152 valence electrons. The number of phenolic OH excluding ortho intramolecular Hbond substituents is 1. The van der Waals surface area contributed by atoms with Crippen molar-refractivity contribution >= 4 is 11.0 Å². The van der Waals surface area contributed by atoms with Crippen LogP contribution in [0, 0.1) is 0 Å². The van der Waals surface area contributed by atoms with E-state index in [1.165, 1.54) is 5.56 Å². The van der Waals surface area contributed by atoms with Gasteiger partial charge in [0.05, 0.1) is 0 Å². The van der Waals surface area contributed by atoms with Gasteiger partial charge in [-0.15, -0.1) is 15.0 Å². The van der Waals surface area contributed by atoms with Gasteiger partial charge in [-0.1, -0.05) is 85.8 Å². The highest BCUT2D eigenvalue weighted by molar-refractivity contribution is 5.73. The molecule has 0 bridgehead atoms. The highest BCUT2D eigenvalue weighted by atomic mass is 16.3. The summed E-state index contributed by atoms with van der Waals surface area (Å²) in [5, 5.41) is 20.5. The Hall–Kier alpha value is -3.92. The molecule has 4 aromatic carbocycles. The third kappa shape index (κ3) is 3.80. The summed E-state index contributed by atoms with van der Waals surface area (Å²) in [4.78, 5) is 1.55. The fourth-order valence-electron chi connectivity index (χ4n) is 4.01. The van der Waals surface area contributed by atoms with E-state index in [1.54, 1.807) is 4.80 Å². The van der Waals surface area contributed by atoms with E-state index in [9.17, 15) is 5.11 Å². The molecule has 0 radical (unpaired) electrons. The Balaban J connectivity index is 1.66. The molecular formula is C27H23N3O. The number of aromatic nitrogens is 3. The molecule has 0 aliphatic heterocycles. The first-order valence-electron chi connectivity index (χ1n) is 10.5. The van der Waals surface area contributed by atoms with E-state index in [-0.39, 0.29) is 11.7 Å². The molecule has 1 atom stereocenters. The monoisotopic (exact) mass is 405 g/mol. The molecular weight excluding hydrogens is 382 g/mol. The maximum atomic E-state index is 11.3. The van der Waals surface area contributed by atoms with Crippen LogP contribution in [-0.4, -0.2) is 20.1 Å². The van der Waals surface area contributed by atoms with Crippen LogP contribution in [0.1, 0.15) is 35.1 Å². The smallest absolute Gasteiger partial charge is 0.146 e. The van der Waals surface area contributed by atoms with Gasteiger partial charge in [0.25, 0.3) is 0 Å². The first-order chi connectivity index (χ1) is 15.2. The molecule has 0 saturated carbocycles. The van der Waals surface area contributed by atoms with Gasteiger partial charge in [0, 0.05) is 11.5 Å². The SMILES string of the molecule is CC(c1ccccc1)c1cc(Cc2ccccc2)cc(-n2nc3ccccc3n2)c1O. The largest absolute Gasteiger partial charge is 0.505 e. The number of phenols is 1. The summed E-state index contributed by atoms with van der Waals surface area (Å²) in [7, 11) is 0. The van der Waals surface area contributed by atoms with Crippen LogP contribution in [-0.2, 0) is 6.42 Å². The van der Waals surface area contributed by atoms with E-state index >= 15 is 0 Å². The van der Waals surface area contributed by atoms with Crippen LogP contribution < -0.4 is 0 Å². The van der Waals surface area contributed by atoms with Crippen molar-refractivity contribution in [2.45, 2.75) is 19.3 Å². The van der Waals surface area contributed by atoms with E-state index in [4.69, 9.17) is 0 Å². The average molecular weight is 406 g/mol. The molecule has 0 spiro atoms. The summed E-state index contributed by atoms with van der Waals surface area (Å²) < 4.78 is 0. The molecule has 31 heavy (non-hydrogen) atoms. The van der Waals surface area contributed by atoms with Gasteiger partial charge in [0.2, 0.25) is 0 Å². The van der Waals surface area contributed by atoms with E-state index in [2.05, 4.69) is 47.5 Å². The summed E-state index contributed by atoms with van der Waals surface area (Å²) in [6.07, 6.45) is 0.767. The molecule has 0 amide bonds. The van der Waals surface area contributed by atoms with Crippen molar-refractivity contribution in [1.29, 1.82) is 0 Å². The molecule has 1 unspecified atom stereocenters. The van der Waals surface area contributed by atoms with Crippen LogP contribution in [0.4, 0.5) is 0 Å². The van der Waals surface area contributed by atoms with E-state index in [1.807, 2.05) is 66.7 Å². The predicted molar refractivity (Wildman–Crippen MR) is 124 cm³/mol. The lowest BCUT2D eigenvalue weighted by Crippen LogP contribution is -2.05. The predicted octanol–water partition coefficient (Wildman–Crippen LogP) is 5.87. The fourth-order valence-corrected chi connectivity index (χ4v) is 4.01. The standard InChI is InChI=1S/C27H23N3O/c1-19(22-12-6-3-7-13-22)23-17-21(16-20-10-4-2-5-11-20)18-26(27(23)31)30-28-24-14-8-9-15-25(24)29-30/h2-15,17-19,31H,16H2,1H3. The number of rotatable bonds is 5. The van der Waals surface area contributed by atoms with Crippen LogP contribution in [0.15, 0.2) is 97.1 Å². The van der Waals surface area contributed by atoms with Crippen molar-refractivity contribution in [2.75, 3.05) is 0 Å². The number of benzene rings is 4. The van der Waals surface area contributed by atoms with Crippen molar-refractivity contribution in [3.8, 4) is 11.4 Å². The zero-order chi connectivity index (χ0) is 21.2. The van der Waals surface area contributed by atoms with Crippen molar-refractivity contribution in [2.24, 2.45) is 0 Å². The van der Waals surface area contributed by atoms with Gasteiger partial charge in [-0.25, -0.2) is 0 Å². The minimum atomic E-state index is 0.0284. The molecule has 1 aromatic heterocycles. The second-order valence-electron chi connectivity index (χ2n) is 7.83. The minimum absolute atomic E-state index is 0.0284. The van der Waals surface area contributed by atoms with E-state index in [0.717, 1.165) is 34.1 Å². The van der Waals surface area contributed by atoms with Crippen LogP contribution >= 0.6 is 0 Å². The Morgan fingerprint density at radius 2 is 1.32 bits per heavy atom. The highest BCUT2D eigenvalue weighted by Gasteiger charge is 2.20. The van der Waals surface area contributed by atoms with Crippen LogP contribution in [0.25, 0.3) is 16.7 Å². The number of aromatic hydroxyl groups is 1. The summed E-state index contributed by atoms with van der Waals surface area (Å²) in [5.41, 5.74) is 6.55. The summed E-state index contributed by atoms with van der Waals surface area (Å²) in [5.74, 6) is 0.245. The Labute approximate surface area is 181 Å². The lowest BCUT2D eigenvalue weighted by atomic mass is 9.89. The molecule has 0 fully saturated rings. The molecule has 4 heteroatoms. The Bertz CT molecular complexity index is 1290. The summed E-state index contributed by atoms with van der Waals surface area (Å²) in [6, 6.07) is 32.4. The Kier molecular flexibility index (Phi) is 4.97. The molecule has 5 aromatic rings. The normalized spacial score (nSPS) is 12.2. The lowest BCUT2D eigenvalue weighted by molar-refractivity contribution is 0.458. The Morgan fingerprint density at radius 3 is 1.97 bits per heavy atom. The zero-order valence-corrected chi connectivity index (χ0v) is 17.3. The maximum Gasteiger partial charge on any atom is 0.146 e. The summed E-state index contributed by atoms with van der Waals surface area (Å²) in [6.45, 7) is 2.12. The minimum Gasteiger partial charge on any atom is -0.505 e. The van der Waals surface area contributed by atoms with Crippen LogP contribution in [0.2, 0.25) is 0 Å². The molecule has 0 saturated heterocycles. The average Bonchev–Trinajstić information content (AvgIpc) is 3.25. The first-order valence-corrected chi connectivity index (χ1v) is 10.5. The third-order valence-corrected chi connectivity index (χ3v) is 5.70. The zero-order valence-electron chi connectivity index (χ0n) is 17.3. The van der Waals surface area contributed by atoms with Crippen LogP contribution in [0.5, 0.6) is 5.75 Å². The van der Waals surface area contributed by atoms with Crippen LogP contribution in [0.3, 0.4) is 0 Å². The van der Waals surface area contributed by atoms with E-state index < -0.39 is 0 Å². The van der Waals surface area contributed by atoms with Gasteiger partial charge < -0.3 is 5.11 Å². The maximum absolute atomic E-state index is 11.3. The second-order valence-corrected chi connectivity index (χ2v) is 7.83. The number of fused-ring (bicyclic) bond motifs is 1. The molecule has 1 heterocycles. The van der Waals surface area contributed by atoms with Gasteiger partial charge in [-0.3, -0.25) is 0 Å². The molecule has 0 aliphatic rings. The first kappa shape index (κ1) is 19.1. The molecule has 5 rings (SSSR count). The Morgan fingerprint density at radius 1 is 0.742 bits per heavy atom. The molecule has 1 N–H and O–H groups in total. The number of nitrogens with zero attached hydrogens (tertiary/aromatic N) is 3. The second kappa shape index (κ2) is 8.07. The summed E-state index contributed by atoms with van der Waals surface area (Å²) >= 11 is 0. The van der Waals surface area contributed by atoms with Gasteiger partial charge in [-0.05, 0) is 41.3 Å². The molecule has 0 aliphatic carbocycles. The highest BCUT2D eigenvalue weighted by Crippen LogP contribution is 2.36. The van der Waals surface area contributed by atoms with Gasteiger partial charge >= 0.3 is 0 Å². The number of hydrogen-bond donors (Lipinski definition) is 1. The van der Waals surface area contributed by atoms with Crippen molar-refractivity contribution < 1.29 is 5.11 Å². The topological polar surface area (TPSA) is 50.9 Å². The lowest BCUT2D eigenvalue weighted by Gasteiger charge is -2.18. The van der Waals surface area contributed by atoms with E-state index in [0.29, 0.717) is 5.69 Å². The molecule has 4 nitrogen and oxygen atoms in total. The quantitative estimate of drug-likeness (QED) is 0.398. The van der Waals surface area contributed by atoms with Gasteiger partial charge in [0.1, 0.15) is 22.5 Å². The van der Waals surface area contributed by atoms with Gasteiger partial charge in [-0.2, -0.15) is 0 Å².